The summed E-state index contributed by atoms with van der Waals surface area (Å²) in [5.41, 5.74) is 2.97. The van der Waals surface area contributed by atoms with Crippen molar-refractivity contribution in [3.05, 3.63) is 66.0 Å². The zero-order chi connectivity index (χ0) is 21.7. The number of hydrogen-bond acceptors (Lipinski definition) is 6. The van der Waals surface area contributed by atoms with Gasteiger partial charge in [-0.25, -0.2) is 13.1 Å². The fraction of sp³-hybridized carbons (Fsp3) is 0.364. The topological polar surface area (TPSA) is 107 Å². The summed E-state index contributed by atoms with van der Waals surface area (Å²) in [4.78, 5) is 12.5. The number of hydrogen-bond donors (Lipinski definition) is 1. The van der Waals surface area contributed by atoms with Gasteiger partial charge in [-0.05, 0) is 58.7 Å². The number of aromatic nitrogens is 4. The minimum Gasteiger partial charge on any atom is -0.326 e. The second-order valence-electron chi connectivity index (χ2n) is 7.91. The normalized spacial score (nSPS) is 15.0. The van der Waals surface area contributed by atoms with Crippen LogP contribution in [0.4, 0.5) is 5.69 Å². The Hall–Kier alpha value is -3.07. The van der Waals surface area contributed by atoms with Gasteiger partial charge in [-0.15, -0.1) is 5.10 Å². The van der Waals surface area contributed by atoms with Crippen LogP contribution >= 0.6 is 0 Å². The van der Waals surface area contributed by atoms with Gasteiger partial charge in [0.2, 0.25) is 5.91 Å². The van der Waals surface area contributed by atoms with Crippen molar-refractivity contribution in [2.75, 3.05) is 5.32 Å². The Morgan fingerprint density at radius 3 is 2.52 bits per heavy atom. The SMILES string of the molecule is O=C(Cc1ccc(-n2cnnn2)cc1)Nc1cccc(CS(=O)(=O)C2CCCCC2)c1. The van der Waals surface area contributed by atoms with Gasteiger partial charge in [0.1, 0.15) is 6.33 Å². The molecule has 2 aromatic carbocycles. The van der Waals surface area contributed by atoms with Gasteiger partial charge in [0.15, 0.2) is 9.84 Å². The van der Waals surface area contributed by atoms with Crippen molar-refractivity contribution >= 4 is 21.4 Å². The van der Waals surface area contributed by atoms with Crippen molar-refractivity contribution in [2.24, 2.45) is 0 Å². The number of amides is 1. The van der Waals surface area contributed by atoms with E-state index < -0.39 is 9.84 Å². The number of carbonyl (C=O) groups excluding carboxylic acids is 1. The Morgan fingerprint density at radius 1 is 1.03 bits per heavy atom. The Balaban J connectivity index is 1.36. The maximum Gasteiger partial charge on any atom is 0.228 e. The predicted molar refractivity (Wildman–Crippen MR) is 117 cm³/mol. The van der Waals surface area contributed by atoms with Gasteiger partial charge in [-0.1, -0.05) is 43.5 Å². The lowest BCUT2D eigenvalue weighted by Gasteiger charge is -2.21. The smallest absolute Gasteiger partial charge is 0.228 e. The van der Waals surface area contributed by atoms with Crippen molar-refractivity contribution in [3.8, 4) is 5.69 Å². The lowest BCUT2D eigenvalue weighted by atomic mass is 10.0. The summed E-state index contributed by atoms with van der Waals surface area (Å²) in [5.74, 6) is -0.151. The lowest BCUT2D eigenvalue weighted by Crippen LogP contribution is -2.25. The first-order valence-electron chi connectivity index (χ1n) is 10.4. The quantitative estimate of drug-likeness (QED) is 0.606. The lowest BCUT2D eigenvalue weighted by molar-refractivity contribution is -0.115. The minimum absolute atomic E-state index is 0.0139. The van der Waals surface area contributed by atoms with Crippen molar-refractivity contribution in [1.82, 2.24) is 20.2 Å². The van der Waals surface area contributed by atoms with Crippen molar-refractivity contribution in [2.45, 2.75) is 49.5 Å². The second kappa shape index (κ2) is 9.38. The van der Waals surface area contributed by atoms with Crippen LogP contribution in [0.3, 0.4) is 0 Å². The number of carbonyl (C=O) groups is 1. The molecule has 0 aliphatic heterocycles. The average molecular weight is 440 g/mol. The van der Waals surface area contributed by atoms with Gasteiger partial charge in [0.25, 0.3) is 0 Å². The third-order valence-electron chi connectivity index (χ3n) is 5.55. The minimum atomic E-state index is -3.18. The van der Waals surface area contributed by atoms with E-state index in [1.165, 1.54) is 11.0 Å². The summed E-state index contributed by atoms with van der Waals surface area (Å²) in [6.45, 7) is 0. The Kier molecular flexibility index (Phi) is 6.41. The molecule has 0 saturated heterocycles. The third kappa shape index (κ3) is 5.55. The van der Waals surface area contributed by atoms with Crippen molar-refractivity contribution in [3.63, 3.8) is 0 Å². The first-order chi connectivity index (χ1) is 15.0. The molecular weight excluding hydrogens is 414 g/mol. The zero-order valence-electron chi connectivity index (χ0n) is 17.1. The second-order valence-corrected chi connectivity index (χ2v) is 10.2. The fourth-order valence-electron chi connectivity index (χ4n) is 3.95. The molecule has 8 nitrogen and oxygen atoms in total. The number of nitrogens with zero attached hydrogens (tertiary/aromatic N) is 4. The van der Waals surface area contributed by atoms with E-state index in [1.54, 1.807) is 24.3 Å². The molecule has 0 bridgehead atoms. The monoisotopic (exact) mass is 439 g/mol. The highest BCUT2D eigenvalue weighted by molar-refractivity contribution is 7.91. The Morgan fingerprint density at radius 2 is 1.81 bits per heavy atom. The first-order valence-corrected chi connectivity index (χ1v) is 12.1. The summed E-state index contributed by atoms with van der Waals surface area (Å²) >= 11 is 0. The molecule has 1 aromatic heterocycles. The molecule has 1 fully saturated rings. The Bertz CT molecular complexity index is 1120. The number of rotatable bonds is 7. The molecule has 1 aliphatic rings. The molecule has 0 radical (unpaired) electrons. The molecule has 0 spiro atoms. The molecule has 0 atom stereocenters. The molecule has 1 saturated carbocycles. The largest absolute Gasteiger partial charge is 0.326 e. The highest BCUT2D eigenvalue weighted by Crippen LogP contribution is 2.26. The van der Waals surface area contributed by atoms with Gasteiger partial charge < -0.3 is 5.32 Å². The van der Waals surface area contributed by atoms with Gasteiger partial charge in [0, 0.05) is 5.69 Å². The molecule has 3 aromatic rings. The van der Waals surface area contributed by atoms with Crippen molar-refractivity contribution < 1.29 is 13.2 Å². The fourth-order valence-corrected chi connectivity index (χ4v) is 5.88. The highest BCUT2D eigenvalue weighted by atomic mass is 32.2. The molecule has 162 valence electrons. The zero-order valence-corrected chi connectivity index (χ0v) is 18.0. The molecule has 4 rings (SSSR count). The molecule has 31 heavy (non-hydrogen) atoms. The molecule has 9 heteroatoms. The van der Waals surface area contributed by atoms with Crippen LogP contribution in [0.1, 0.15) is 43.2 Å². The van der Waals surface area contributed by atoms with Crippen LogP contribution in [-0.2, 0) is 26.8 Å². The first kappa shape index (κ1) is 21.2. The third-order valence-corrected chi connectivity index (χ3v) is 7.78. The standard InChI is InChI=1S/C22H25N5O3S/c28-22(14-17-9-11-20(12-10-17)27-16-23-25-26-27)24-19-6-4-5-18(13-19)15-31(29,30)21-7-2-1-3-8-21/h4-6,9-13,16,21H,1-3,7-8,14-15H2,(H,24,28). The number of benzene rings is 2. The summed E-state index contributed by atoms with van der Waals surface area (Å²) in [7, 11) is -3.18. The van der Waals surface area contributed by atoms with E-state index in [-0.39, 0.29) is 23.3 Å². The molecule has 1 aliphatic carbocycles. The van der Waals surface area contributed by atoms with Crippen LogP contribution in [0.2, 0.25) is 0 Å². The van der Waals surface area contributed by atoms with E-state index in [9.17, 15) is 13.2 Å². The summed E-state index contributed by atoms with van der Waals surface area (Å²) < 4.78 is 27.0. The maximum absolute atomic E-state index is 12.7. The number of tetrazole rings is 1. The molecule has 1 amide bonds. The van der Waals surface area contributed by atoms with Crippen LogP contribution in [0.15, 0.2) is 54.9 Å². The van der Waals surface area contributed by atoms with Crippen LogP contribution < -0.4 is 5.32 Å². The van der Waals surface area contributed by atoms with E-state index in [0.29, 0.717) is 11.3 Å². The number of sulfone groups is 1. The van der Waals surface area contributed by atoms with E-state index in [1.807, 2.05) is 24.3 Å². The van der Waals surface area contributed by atoms with Gasteiger partial charge in [0.05, 0.1) is 23.1 Å². The van der Waals surface area contributed by atoms with E-state index in [2.05, 4.69) is 20.8 Å². The average Bonchev–Trinajstić information content (AvgIpc) is 3.30. The van der Waals surface area contributed by atoms with E-state index in [4.69, 9.17) is 0 Å². The maximum atomic E-state index is 12.7. The van der Waals surface area contributed by atoms with Gasteiger partial charge in [-0.2, -0.15) is 0 Å². The molecule has 1 heterocycles. The van der Waals surface area contributed by atoms with Crippen LogP contribution in [0, 0.1) is 0 Å². The highest BCUT2D eigenvalue weighted by Gasteiger charge is 2.27. The molecule has 1 N–H and O–H groups in total. The number of anilines is 1. The van der Waals surface area contributed by atoms with Gasteiger partial charge in [-0.3, -0.25) is 4.79 Å². The van der Waals surface area contributed by atoms with Crippen molar-refractivity contribution in [1.29, 1.82) is 0 Å². The summed E-state index contributed by atoms with van der Waals surface area (Å²) in [5, 5.41) is 13.7. The predicted octanol–water partition coefficient (Wildman–Crippen LogP) is 3.09. The summed E-state index contributed by atoms with van der Waals surface area (Å²) in [6.07, 6.45) is 6.31. The molecular formula is C22H25N5O3S. The van der Waals surface area contributed by atoms with Crippen LogP contribution in [0.5, 0.6) is 0 Å². The van der Waals surface area contributed by atoms with Crippen LogP contribution in [0.25, 0.3) is 5.69 Å². The Labute approximate surface area is 181 Å². The van der Waals surface area contributed by atoms with E-state index >= 15 is 0 Å². The van der Waals surface area contributed by atoms with Gasteiger partial charge >= 0.3 is 0 Å². The molecule has 0 unspecified atom stereocenters. The summed E-state index contributed by atoms with van der Waals surface area (Å²) in [6, 6.07) is 14.5. The van der Waals surface area contributed by atoms with Crippen LogP contribution in [-0.4, -0.2) is 39.8 Å². The number of nitrogens with one attached hydrogen (secondary N) is 1. The van der Waals surface area contributed by atoms with E-state index in [0.717, 1.165) is 43.4 Å².